The Kier molecular flexibility index (Phi) is 3.99. The Labute approximate surface area is 125 Å². The molecule has 0 saturated heterocycles. The van der Waals surface area contributed by atoms with E-state index < -0.39 is 0 Å². The van der Waals surface area contributed by atoms with Crippen LogP contribution in [0.15, 0.2) is 24.3 Å². The molecule has 0 radical (unpaired) electrons. The number of benzene rings is 1. The van der Waals surface area contributed by atoms with Gasteiger partial charge in [-0.3, -0.25) is 4.79 Å². The van der Waals surface area contributed by atoms with Crippen LogP contribution in [0.5, 0.6) is 0 Å². The van der Waals surface area contributed by atoms with Crippen LogP contribution < -0.4 is 10.6 Å². The fourth-order valence-electron chi connectivity index (χ4n) is 2.56. The minimum atomic E-state index is 0.103. The lowest BCUT2D eigenvalue weighted by molar-refractivity contribution is -0.120. The predicted molar refractivity (Wildman–Crippen MR) is 81.0 cm³/mol. The van der Waals surface area contributed by atoms with E-state index >= 15 is 0 Å². The first-order valence-electron chi connectivity index (χ1n) is 7.41. The molecule has 0 atom stereocenters. The monoisotopic (exact) mass is 292 g/mol. The molecule has 0 aliphatic heterocycles. The summed E-state index contributed by atoms with van der Waals surface area (Å²) in [5, 5.41) is 7.04. The number of halogens is 1. The van der Waals surface area contributed by atoms with Crippen molar-refractivity contribution in [3.05, 3.63) is 34.9 Å². The quantitative estimate of drug-likeness (QED) is 0.811. The summed E-state index contributed by atoms with van der Waals surface area (Å²) >= 11 is 5.92. The van der Waals surface area contributed by atoms with Crippen LogP contribution in [0.25, 0.3) is 0 Å². The molecule has 1 aromatic rings. The van der Waals surface area contributed by atoms with Gasteiger partial charge in [-0.2, -0.15) is 0 Å². The lowest BCUT2D eigenvalue weighted by atomic mass is 9.96. The smallest absolute Gasteiger partial charge is 0.233 e. The van der Waals surface area contributed by atoms with Gasteiger partial charge in [0, 0.05) is 17.0 Å². The summed E-state index contributed by atoms with van der Waals surface area (Å²) < 4.78 is 0. The molecule has 0 unspecified atom stereocenters. The second kappa shape index (κ2) is 5.74. The molecule has 2 N–H and O–H groups in total. The van der Waals surface area contributed by atoms with E-state index in [1.807, 2.05) is 12.1 Å². The molecule has 3 rings (SSSR count). The first-order chi connectivity index (χ1) is 9.68. The zero-order chi connectivity index (χ0) is 14.0. The number of amides is 1. The molecular weight excluding hydrogens is 272 g/mol. The molecule has 2 fully saturated rings. The highest BCUT2D eigenvalue weighted by molar-refractivity contribution is 6.30. The van der Waals surface area contributed by atoms with Crippen LogP contribution in [0.2, 0.25) is 5.02 Å². The summed E-state index contributed by atoms with van der Waals surface area (Å²) in [4.78, 5) is 11.8. The first kappa shape index (κ1) is 13.9. The van der Waals surface area contributed by atoms with E-state index in [1.165, 1.54) is 18.4 Å². The van der Waals surface area contributed by atoms with E-state index in [0.717, 1.165) is 36.9 Å². The van der Waals surface area contributed by atoms with Gasteiger partial charge in [0.25, 0.3) is 0 Å². The van der Waals surface area contributed by atoms with Crippen LogP contribution in [0.1, 0.15) is 31.2 Å². The van der Waals surface area contributed by atoms with Crippen LogP contribution in [-0.4, -0.2) is 25.5 Å². The van der Waals surface area contributed by atoms with Gasteiger partial charge >= 0.3 is 0 Å². The lowest BCUT2D eigenvalue weighted by Gasteiger charge is -2.17. The van der Waals surface area contributed by atoms with Crippen molar-refractivity contribution in [1.29, 1.82) is 0 Å². The van der Waals surface area contributed by atoms with Gasteiger partial charge in [-0.1, -0.05) is 23.7 Å². The Bertz CT molecular complexity index is 478. The standard InChI is InChI=1S/C16H21ClN2O/c17-14-5-3-13(4-6-14)16(7-8-16)11-19-15(20)10-18-9-12-1-2-12/h3-6,12,18H,1-2,7-11H2,(H,19,20). The van der Waals surface area contributed by atoms with E-state index in [1.54, 1.807) is 0 Å². The summed E-state index contributed by atoms with van der Waals surface area (Å²) in [7, 11) is 0. The van der Waals surface area contributed by atoms with Crippen molar-refractivity contribution in [1.82, 2.24) is 10.6 Å². The molecule has 0 aromatic heterocycles. The molecule has 1 aromatic carbocycles. The van der Waals surface area contributed by atoms with Gasteiger partial charge in [-0.25, -0.2) is 0 Å². The van der Waals surface area contributed by atoms with Crippen LogP contribution >= 0.6 is 11.6 Å². The summed E-state index contributed by atoms with van der Waals surface area (Å²) in [6, 6.07) is 8.01. The molecular formula is C16H21ClN2O. The maximum Gasteiger partial charge on any atom is 0.233 e. The van der Waals surface area contributed by atoms with E-state index in [2.05, 4.69) is 22.8 Å². The Morgan fingerprint density at radius 2 is 1.95 bits per heavy atom. The second-order valence-corrected chi connectivity index (χ2v) is 6.57. The summed E-state index contributed by atoms with van der Waals surface area (Å²) in [5.41, 5.74) is 1.43. The third kappa shape index (κ3) is 3.53. The van der Waals surface area contributed by atoms with Crippen molar-refractivity contribution in [3.8, 4) is 0 Å². The minimum absolute atomic E-state index is 0.103. The second-order valence-electron chi connectivity index (χ2n) is 6.14. The number of carbonyl (C=O) groups is 1. The van der Waals surface area contributed by atoms with Gasteiger partial charge in [-0.05, 0) is 55.8 Å². The first-order valence-corrected chi connectivity index (χ1v) is 7.79. The Hall–Kier alpha value is -1.06. The third-order valence-electron chi connectivity index (χ3n) is 4.35. The van der Waals surface area contributed by atoms with Crippen molar-refractivity contribution in [3.63, 3.8) is 0 Å². The van der Waals surface area contributed by atoms with Crippen LogP contribution in [0, 0.1) is 5.92 Å². The normalized spacial score (nSPS) is 19.6. The van der Waals surface area contributed by atoms with E-state index in [9.17, 15) is 4.79 Å². The van der Waals surface area contributed by atoms with Crippen LogP contribution in [0.3, 0.4) is 0 Å². The molecule has 20 heavy (non-hydrogen) atoms. The fraction of sp³-hybridized carbons (Fsp3) is 0.562. The number of carbonyl (C=O) groups excluding carboxylic acids is 1. The SMILES string of the molecule is O=C(CNCC1CC1)NCC1(c2ccc(Cl)cc2)CC1. The number of rotatable bonds is 7. The average molecular weight is 293 g/mol. The molecule has 0 bridgehead atoms. The topological polar surface area (TPSA) is 41.1 Å². The molecule has 0 heterocycles. The van der Waals surface area contributed by atoms with Crippen LogP contribution in [-0.2, 0) is 10.2 Å². The summed E-state index contributed by atoms with van der Waals surface area (Å²) in [6.07, 6.45) is 4.91. The Morgan fingerprint density at radius 1 is 1.25 bits per heavy atom. The van der Waals surface area contributed by atoms with Gasteiger partial charge < -0.3 is 10.6 Å². The zero-order valence-electron chi connectivity index (χ0n) is 11.6. The maximum absolute atomic E-state index is 11.8. The molecule has 1 amide bonds. The molecule has 2 aliphatic carbocycles. The van der Waals surface area contributed by atoms with Gasteiger partial charge in [0.15, 0.2) is 0 Å². The van der Waals surface area contributed by atoms with Crippen LogP contribution in [0.4, 0.5) is 0 Å². The van der Waals surface area contributed by atoms with Gasteiger partial charge in [0.2, 0.25) is 5.91 Å². The molecule has 0 spiro atoms. The van der Waals surface area contributed by atoms with Gasteiger partial charge in [0.05, 0.1) is 6.54 Å². The fourth-order valence-corrected chi connectivity index (χ4v) is 2.69. The third-order valence-corrected chi connectivity index (χ3v) is 4.60. The average Bonchev–Trinajstić information content (AvgIpc) is 3.33. The maximum atomic E-state index is 11.8. The number of hydrogen-bond acceptors (Lipinski definition) is 2. The largest absolute Gasteiger partial charge is 0.354 e. The van der Waals surface area contributed by atoms with E-state index in [4.69, 9.17) is 11.6 Å². The number of hydrogen-bond donors (Lipinski definition) is 2. The molecule has 4 heteroatoms. The van der Waals surface area contributed by atoms with Gasteiger partial charge in [-0.15, -0.1) is 0 Å². The molecule has 3 nitrogen and oxygen atoms in total. The van der Waals surface area contributed by atoms with Crippen molar-refractivity contribution in [2.45, 2.75) is 31.1 Å². The van der Waals surface area contributed by atoms with Crippen molar-refractivity contribution in [2.75, 3.05) is 19.6 Å². The molecule has 108 valence electrons. The highest BCUT2D eigenvalue weighted by atomic mass is 35.5. The Balaban J connectivity index is 1.44. The van der Waals surface area contributed by atoms with E-state index in [0.29, 0.717) is 6.54 Å². The van der Waals surface area contributed by atoms with Crippen molar-refractivity contribution >= 4 is 17.5 Å². The van der Waals surface area contributed by atoms with E-state index in [-0.39, 0.29) is 11.3 Å². The predicted octanol–water partition coefficient (Wildman–Crippen LogP) is 2.49. The van der Waals surface area contributed by atoms with Crippen molar-refractivity contribution < 1.29 is 4.79 Å². The highest BCUT2D eigenvalue weighted by Crippen LogP contribution is 2.47. The minimum Gasteiger partial charge on any atom is -0.354 e. The molecule has 2 aliphatic rings. The summed E-state index contributed by atoms with van der Waals surface area (Å²) in [5.74, 6) is 0.914. The Morgan fingerprint density at radius 3 is 2.55 bits per heavy atom. The highest BCUT2D eigenvalue weighted by Gasteiger charge is 2.44. The van der Waals surface area contributed by atoms with Gasteiger partial charge in [0.1, 0.15) is 0 Å². The lowest BCUT2D eigenvalue weighted by Crippen LogP contribution is -2.38. The van der Waals surface area contributed by atoms with Crippen molar-refractivity contribution in [2.24, 2.45) is 5.92 Å². The number of nitrogens with one attached hydrogen (secondary N) is 2. The summed E-state index contributed by atoms with van der Waals surface area (Å²) in [6.45, 7) is 2.15. The molecule has 2 saturated carbocycles. The zero-order valence-corrected chi connectivity index (χ0v) is 12.4.